The number of carbonyl (C=O) groups excluding carboxylic acids is 4. The number of rotatable bonds is 74. The van der Waals surface area contributed by atoms with Crippen molar-refractivity contribution in [1.82, 2.24) is 0 Å². The molecule has 554 valence electrons. The molecule has 0 amide bonds. The summed E-state index contributed by atoms with van der Waals surface area (Å²) in [5, 5.41) is 10.6. The third-order valence-corrected chi connectivity index (χ3v) is 18.9. The van der Waals surface area contributed by atoms with E-state index in [1.54, 1.807) is 0 Å². The second kappa shape index (κ2) is 69.0. The van der Waals surface area contributed by atoms with Crippen LogP contribution in [0.5, 0.6) is 0 Å². The predicted molar refractivity (Wildman–Crippen MR) is 381 cm³/mol. The van der Waals surface area contributed by atoms with Gasteiger partial charge in [0, 0.05) is 25.7 Å². The molecule has 2 unspecified atom stereocenters. The number of hydrogen-bond donors (Lipinski definition) is 3. The molecule has 0 aliphatic carbocycles. The van der Waals surface area contributed by atoms with Crippen molar-refractivity contribution in [3.05, 3.63) is 24.3 Å². The van der Waals surface area contributed by atoms with E-state index in [0.29, 0.717) is 25.7 Å². The largest absolute Gasteiger partial charge is 0.472 e. The summed E-state index contributed by atoms with van der Waals surface area (Å²) in [6.45, 7) is 4.92. The van der Waals surface area contributed by atoms with Gasteiger partial charge in [-0.2, -0.15) is 0 Å². The average molecular weight is 1380 g/mol. The fourth-order valence-corrected chi connectivity index (χ4v) is 12.6. The van der Waals surface area contributed by atoms with Crippen LogP contribution in [0.25, 0.3) is 0 Å². The molecule has 17 nitrogen and oxygen atoms in total. The van der Waals surface area contributed by atoms with Gasteiger partial charge >= 0.3 is 39.5 Å². The van der Waals surface area contributed by atoms with Crippen LogP contribution in [-0.2, 0) is 65.4 Å². The lowest BCUT2D eigenvalue weighted by molar-refractivity contribution is -0.161. The number of phosphoric acid groups is 2. The van der Waals surface area contributed by atoms with Crippen LogP contribution in [0, 0.1) is 0 Å². The monoisotopic (exact) mass is 1380 g/mol. The number of aliphatic hydroxyl groups excluding tert-OH is 1. The van der Waals surface area contributed by atoms with E-state index < -0.39 is 97.5 Å². The van der Waals surface area contributed by atoms with Gasteiger partial charge < -0.3 is 33.8 Å². The Labute approximate surface area is 573 Å². The van der Waals surface area contributed by atoms with Crippen molar-refractivity contribution in [3.63, 3.8) is 0 Å². The summed E-state index contributed by atoms with van der Waals surface area (Å²) >= 11 is 0. The van der Waals surface area contributed by atoms with Crippen molar-refractivity contribution in [2.45, 2.75) is 393 Å². The molecule has 94 heavy (non-hydrogen) atoms. The van der Waals surface area contributed by atoms with Crippen LogP contribution in [0.4, 0.5) is 0 Å². The van der Waals surface area contributed by atoms with Crippen LogP contribution in [0.15, 0.2) is 24.3 Å². The Morgan fingerprint density at radius 1 is 0.298 bits per heavy atom. The smallest absolute Gasteiger partial charge is 0.462 e. The van der Waals surface area contributed by atoms with E-state index in [2.05, 4.69) is 52.0 Å². The van der Waals surface area contributed by atoms with E-state index in [4.69, 9.17) is 37.0 Å². The quantitative estimate of drug-likeness (QED) is 0.0169. The third-order valence-electron chi connectivity index (χ3n) is 16.9. The zero-order chi connectivity index (χ0) is 69.0. The molecule has 0 spiro atoms. The van der Waals surface area contributed by atoms with Gasteiger partial charge in [0.05, 0.1) is 26.4 Å². The number of esters is 4. The SMILES string of the molecule is CCCCC/C=C\C/C=C\CCCCCCCC(=O)OC[C@H](COP(=O)(O)OC[C@H](O)COP(=O)(O)OC[C@@H](COC(=O)CCCCCCCCCCCCCCC)OC(=O)CCCCCCCCCCCCCCC)OC(=O)CCCCCCCCCCCCCCC. The number of unbranched alkanes of at least 4 members (excludes halogenated alkanes) is 44. The molecule has 3 N–H and O–H groups in total. The third kappa shape index (κ3) is 68.1. The van der Waals surface area contributed by atoms with Gasteiger partial charge in [0.15, 0.2) is 12.2 Å². The number of hydrogen-bond acceptors (Lipinski definition) is 15. The minimum absolute atomic E-state index is 0.102. The summed E-state index contributed by atoms with van der Waals surface area (Å²) < 4.78 is 68.5. The minimum Gasteiger partial charge on any atom is -0.462 e. The van der Waals surface area contributed by atoms with Gasteiger partial charge in [-0.05, 0) is 57.8 Å². The molecule has 0 aliphatic heterocycles. The first-order chi connectivity index (χ1) is 45.7. The fourth-order valence-electron chi connectivity index (χ4n) is 11.0. The Bertz CT molecular complexity index is 1880. The van der Waals surface area contributed by atoms with Crippen LogP contribution in [0.1, 0.15) is 374 Å². The van der Waals surface area contributed by atoms with Crippen LogP contribution in [0.2, 0.25) is 0 Å². The first kappa shape index (κ1) is 91.5. The van der Waals surface area contributed by atoms with Crippen molar-refractivity contribution < 1.29 is 80.2 Å². The van der Waals surface area contributed by atoms with E-state index >= 15 is 0 Å². The highest BCUT2D eigenvalue weighted by molar-refractivity contribution is 7.47. The molecule has 0 saturated heterocycles. The molecule has 0 fully saturated rings. The molecule has 0 radical (unpaired) electrons. The minimum atomic E-state index is -4.96. The van der Waals surface area contributed by atoms with Gasteiger partial charge in [-0.25, -0.2) is 9.13 Å². The molecule has 19 heteroatoms. The van der Waals surface area contributed by atoms with Crippen LogP contribution >= 0.6 is 15.6 Å². The lowest BCUT2D eigenvalue weighted by Crippen LogP contribution is -2.30. The van der Waals surface area contributed by atoms with Gasteiger partial charge in [-0.15, -0.1) is 0 Å². The maximum Gasteiger partial charge on any atom is 0.472 e. The highest BCUT2D eigenvalue weighted by atomic mass is 31.2. The highest BCUT2D eigenvalue weighted by Crippen LogP contribution is 2.45. The standard InChI is InChI=1S/C75H142O17P2/c1-5-9-13-17-21-25-29-33-34-38-40-44-48-52-56-60-73(78)86-66-71(92-75(80)62-58-54-50-46-42-37-32-28-24-20-16-12-8-4)68-90-94(83,84)88-64-69(76)63-87-93(81,82)89-67-70(91-74(79)61-57-53-49-45-41-36-31-27-23-19-15-11-7-3)65-85-72(77)59-55-51-47-43-39-35-30-26-22-18-14-10-6-2/h21,25,33-34,69-71,76H,5-20,22-24,26-32,35-68H2,1-4H3,(H,81,82)(H,83,84)/b25-21-,34-33-/t69-,70-,71-/m1/s1. The molecule has 0 aromatic carbocycles. The van der Waals surface area contributed by atoms with E-state index in [1.807, 2.05) is 0 Å². The molecule has 0 bridgehead atoms. The Morgan fingerprint density at radius 3 is 0.809 bits per heavy atom. The first-order valence-corrected chi connectivity index (χ1v) is 41.6. The first-order valence-electron chi connectivity index (χ1n) is 38.6. The molecular formula is C75H142O17P2. The van der Waals surface area contributed by atoms with E-state index in [0.717, 1.165) is 116 Å². The summed E-state index contributed by atoms with van der Waals surface area (Å²) in [6.07, 6.45) is 61.6. The molecule has 0 heterocycles. The number of ether oxygens (including phenoxy) is 4. The molecule has 0 aromatic rings. The summed E-state index contributed by atoms with van der Waals surface area (Å²) in [7, 11) is -9.92. The second-order valence-corrected chi connectivity index (χ2v) is 29.2. The Morgan fingerprint density at radius 2 is 0.521 bits per heavy atom. The van der Waals surface area contributed by atoms with Gasteiger partial charge in [-0.3, -0.25) is 37.3 Å². The summed E-state index contributed by atoms with van der Waals surface area (Å²) in [5.41, 5.74) is 0. The van der Waals surface area contributed by atoms with E-state index in [-0.39, 0.29) is 25.7 Å². The molecule has 0 saturated carbocycles. The van der Waals surface area contributed by atoms with Gasteiger partial charge in [0.2, 0.25) is 0 Å². The summed E-state index contributed by atoms with van der Waals surface area (Å²) in [6, 6.07) is 0. The lowest BCUT2D eigenvalue weighted by atomic mass is 10.0. The highest BCUT2D eigenvalue weighted by Gasteiger charge is 2.30. The van der Waals surface area contributed by atoms with Gasteiger partial charge in [0.25, 0.3) is 0 Å². The Balaban J connectivity index is 5.29. The number of allylic oxidation sites excluding steroid dienone is 4. The van der Waals surface area contributed by atoms with Crippen molar-refractivity contribution in [2.24, 2.45) is 0 Å². The van der Waals surface area contributed by atoms with Gasteiger partial charge in [0.1, 0.15) is 19.3 Å². The lowest BCUT2D eigenvalue weighted by Gasteiger charge is -2.21. The van der Waals surface area contributed by atoms with E-state index in [9.17, 15) is 43.2 Å². The summed E-state index contributed by atoms with van der Waals surface area (Å²) in [4.78, 5) is 72.8. The molecule has 0 aliphatic rings. The topological polar surface area (TPSA) is 237 Å². The van der Waals surface area contributed by atoms with Crippen LogP contribution in [0.3, 0.4) is 0 Å². The van der Waals surface area contributed by atoms with Crippen molar-refractivity contribution in [2.75, 3.05) is 39.6 Å². The maximum atomic E-state index is 13.1. The number of carbonyl (C=O) groups is 4. The molecule has 0 rings (SSSR count). The normalized spacial score (nSPS) is 14.1. The van der Waals surface area contributed by atoms with Gasteiger partial charge in [-0.1, -0.05) is 315 Å². The summed E-state index contributed by atoms with van der Waals surface area (Å²) in [5.74, 6) is -2.14. The molecule has 0 aromatic heterocycles. The van der Waals surface area contributed by atoms with Crippen molar-refractivity contribution in [1.29, 1.82) is 0 Å². The fraction of sp³-hybridized carbons (Fsp3) is 0.893. The maximum absolute atomic E-state index is 13.1. The number of aliphatic hydroxyl groups is 1. The zero-order valence-corrected chi connectivity index (χ0v) is 62.2. The zero-order valence-electron chi connectivity index (χ0n) is 60.4. The van der Waals surface area contributed by atoms with Crippen molar-refractivity contribution >= 4 is 39.5 Å². The van der Waals surface area contributed by atoms with Crippen LogP contribution in [-0.4, -0.2) is 96.7 Å². The average Bonchev–Trinajstić information content (AvgIpc) is 1.67. The Hall–Kier alpha value is -2.46. The molecular weight excluding hydrogens is 1230 g/mol. The van der Waals surface area contributed by atoms with Crippen molar-refractivity contribution in [3.8, 4) is 0 Å². The second-order valence-electron chi connectivity index (χ2n) is 26.3. The molecule has 5 atom stereocenters. The Kier molecular flexibility index (Phi) is 67.2. The van der Waals surface area contributed by atoms with E-state index in [1.165, 1.54) is 180 Å². The predicted octanol–water partition coefficient (Wildman–Crippen LogP) is 21.8. The van der Waals surface area contributed by atoms with Crippen LogP contribution < -0.4 is 0 Å². The number of phosphoric ester groups is 2.